The Bertz CT molecular complexity index is 131. The van der Waals surface area contributed by atoms with Gasteiger partial charge < -0.3 is 25.5 Å². The lowest BCUT2D eigenvalue weighted by atomic mass is 9.86. The van der Waals surface area contributed by atoms with Gasteiger partial charge in [0.1, 0.15) is 0 Å². The Hall–Kier alpha value is -0.850. The number of hydrogen-bond acceptors (Lipinski definition) is 4. The maximum atomic E-state index is 8.79. The lowest BCUT2D eigenvalue weighted by molar-refractivity contribution is -0.00101. The molecule has 6 nitrogen and oxygen atoms in total. The Balaban J connectivity index is 0. The van der Waals surface area contributed by atoms with Gasteiger partial charge >= 0.3 is 6.16 Å². The maximum absolute atomic E-state index is 8.79. The van der Waals surface area contributed by atoms with Gasteiger partial charge in [0, 0.05) is 5.41 Å². The lowest BCUT2D eigenvalue weighted by Crippen LogP contribution is -2.33. The first-order valence-electron chi connectivity index (χ1n) is 4.22. The number of hydrogen-bond donors (Lipinski definition) is 5. The highest BCUT2D eigenvalue weighted by Gasteiger charge is 2.26. The van der Waals surface area contributed by atoms with Gasteiger partial charge in [0.05, 0.1) is 19.8 Å². The zero-order chi connectivity index (χ0) is 11.6. The molecule has 0 bridgehead atoms. The van der Waals surface area contributed by atoms with Crippen LogP contribution >= 0.6 is 0 Å². The molecular formula is C8H18O6. The van der Waals surface area contributed by atoms with E-state index in [-0.39, 0.29) is 19.8 Å². The summed E-state index contributed by atoms with van der Waals surface area (Å²) in [6.45, 7) is 1.52. The molecule has 6 heteroatoms. The Morgan fingerprint density at radius 3 is 1.43 bits per heavy atom. The van der Waals surface area contributed by atoms with Crippen molar-refractivity contribution in [3.63, 3.8) is 0 Å². The third-order valence-corrected chi connectivity index (χ3v) is 1.79. The fourth-order valence-electron chi connectivity index (χ4n) is 0.918. The van der Waals surface area contributed by atoms with Crippen LogP contribution < -0.4 is 0 Å². The monoisotopic (exact) mass is 210 g/mol. The number of rotatable bonds is 5. The zero-order valence-electron chi connectivity index (χ0n) is 8.18. The van der Waals surface area contributed by atoms with E-state index >= 15 is 0 Å². The van der Waals surface area contributed by atoms with Gasteiger partial charge in [0.2, 0.25) is 0 Å². The van der Waals surface area contributed by atoms with E-state index in [2.05, 4.69) is 0 Å². The van der Waals surface area contributed by atoms with E-state index in [0.29, 0.717) is 6.42 Å². The van der Waals surface area contributed by atoms with Crippen LogP contribution in [0.25, 0.3) is 0 Å². The van der Waals surface area contributed by atoms with Crippen LogP contribution in [0.15, 0.2) is 0 Å². The summed E-state index contributed by atoms with van der Waals surface area (Å²) in [4.78, 5) is 8.56. The topological polar surface area (TPSA) is 118 Å². The summed E-state index contributed by atoms with van der Waals surface area (Å²) in [6, 6.07) is 0. The molecule has 0 rings (SSSR count). The predicted molar refractivity (Wildman–Crippen MR) is 49.3 cm³/mol. The van der Waals surface area contributed by atoms with Gasteiger partial charge in [-0.1, -0.05) is 13.3 Å². The summed E-state index contributed by atoms with van der Waals surface area (Å²) in [6.07, 6.45) is -0.307. The normalized spacial score (nSPS) is 10.3. The second-order valence-electron chi connectivity index (χ2n) is 3.01. The summed E-state index contributed by atoms with van der Waals surface area (Å²) >= 11 is 0. The predicted octanol–water partition coefficient (Wildman–Crippen LogP) is -0.0278. The first-order valence-corrected chi connectivity index (χ1v) is 4.22. The fraction of sp³-hybridized carbons (Fsp3) is 0.875. The summed E-state index contributed by atoms with van der Waals surface area (Å²) in [5, 5.41) is 40.3. The van der Waals surface area contributed by atoms with Crippen LogP contribution in [0, 0.1) is 5.41 Å². The summed E-state index contributed by atoms with van der Waals surface area (Å²) in [7, 11) is 0. The van der Waals surface area contributed by atoms with E-state index in [4.69, 9.17) is 30.3 Å². The summed E-state index contributed by atoms with van der Waals surface area (Å²) in [5.41, 5.74) is -0.658. The highest BCUT2D eigenvalue weighted by molar-refractivity contribution is 5.53. The first kappa shape index (κ1) is 15.6. The lowest BCUT2D eigenvalue weighted by Gasteiger charge is -2.26. The van der Waals surface area contributed by atoms with Crippen molar-refractivity contribution in [2.45, 2.75) is 19.8 Å². The van der Waals surface area contributed by atoms with Gasteiger partial charge in [0.25, 0.3) is 0 Å². The molecule has 0 aliphatic carbocycles. The second kappa shape index (κ2) is 8.74. The highest BCUT2D eigenvalue weighted by atomic mass is 16.6. The molecule has 0 amide bonds. The van der Waals surface area contributed by atoms with Crippen LogP contribution in [0.1, 0.15) is 19.8 Å². The van der Waals surface area contributed by atoms with E-state index in [9.17, 15) is 0 Å². The Morgan fingerprint density at radius 1 is 1.07 bits per heavy atom. The molecule has 0 aliphatic heterocycles. The minimum atomic E-state index is -1.83. The Kier molecular flexibility index (Phi) is 9.74. The highest BCUT2D eigenvalue weighted by Crippen LogP contribution is 2.21. The van der Waals surface area contributed by atoms with Gasteiger partial charge in [-0.25, -0.2) is 4.79 Å². The largest absolute Gasteiger partial charge is 0.503 e. The molecule has 86 valence electrons. The van der Waals surface area contributed by atoms with E-state index in [1.807, 2.05) is 6.92 Å². The van der Waals surface area contributed by atoms with E-state index < -0.39 is 11.6 Å². The molecule has 14 heavy (non-hydrogen) atoms. The summed E-state index contributed by atoms with van der Waals surface area (Å²) < 4.78 is 0. The average molecular weight is 210 g/mol. The quantitative estimate of drug-likeness (QED) is 0.435. The average Bonchev–Trinajstić information content (AvgIpc) is 2.14. The molecule has 0 atom stereocenters. The van der Waals surface area contributed by atoms with Gasteiger partial charge in [-0.3, -0.25) is 0 Å². The third-order valence-electron chi connectivity index (χ3n) is 1.79. The standard InChI is InChI=1S/C7H16O3.CH2O3/c1-2-3-7(4-8,5-9)6-10;2-1(3)4/h8-10H,2-6H2,1H3;(H2,2,3,4). The van der Waals surface area contributed by atoms with Crippen molar-refractivity contribution in [1.29, 1.82) is 0 Å². The Labute approximate surface area is 82.4 Å². The number of aliphatic hydroxyl groups excluding tert-OH is 3. The van der Waals surface area contributed by atoms with Crippen LogP contribution in [-0.2, 0) is 0 Å². The molecule has 0 unspecified atom stereocenters. The molecule has 0 spiro atoms. The second-order valence-corrected chi connectivity index (χ2v) is 3.01. The van der Waals surface area contributed by atoms with Crippen molar-refractivity contribution in [1.82, 2.24) is 0 Å². The van der Waals surface area contributed by atoms with Crippen LogP contribution in [-0.4, -0.2) is 51.5 Å². The van der Waals surface area contributed by atoms with Gasteiger partial charge in [-0.2, -0.15) is 0 Å². The van der Waals surface area contributed by atoms with Crippen molar-refractivity contribution in [3.05, 3.63) is 0 Å². The van der Waals surface area contributed by atoms with E-state index in [0.717, 1.165) is 6.42 Å². The van der Waals surface area contributed by atoms with Crippen LogP contribution in [0.2, 0.25) is 0 Å². The van der Waals surface area contributed by atoms with Crippen LogP contribution in [0.4, 0.5) is 4.79 Å². The van der Waals surface area contributed by atoms with Crippen LogP contribution in [0.5, 0.6) is 0 Å². The minimum Gasteiger partial charge on any atom is -0.450 e. The van der Waals surface area contributed by atoms with Crippen molar-refractivity contribution >= 4 is 6.16 Å². The molecule has 5 N–H and O–H groups in total. The first-order chi connectivity index (χ1) is 6.47. The number of carboxylic acid groups (broad SMARTS) is 2. The van der Waals surface area contributed by atoms with Crippen molar-refractivity contribution in [2.75, 3.05) is 19.8 Å². The molecule has 0 aromatic rings. The smallest absolute Gasteiger partial charge is 0.450 e. The molecular weight excluding hydrogens is 192 g/mol. The molecule has 0 aromatic carbocycles. The Morgan fingerprint density at radius 2 is 1.36 bits per heavy atom. The molecule has 0 radical (unpaired) electrons. The molecule has 0 saturated heterocycles. The van der Waals surface area contributed by atoms with Gasteiger partial charge in [-0.05, 0) is 6.42 Å². The van der Waals surface area contributed by atoms with E-state index in [1.54, 1.807) is 0 Å². The SMILES string of the molecule is CCCC(CO)(CO)CO.O=C(O)O. The molecule has 0 aromatic heterocycles. The van der Waals surface area contributed by atoms with Crippen LogP contribution in [0.3, 0.4) is 0 Å². The van der Waals surface area contributed by atoms with E-state index in [1.165, 1.54) is 0 Å². The van der Waals surface area contributed by atoms with Crippen molar-refractivity contribution in [2.24, 2.45) is 5.41 Å². The maximum Gasteiger partial charge on any atom is 0.503 e. The minimum absolute atomic E-state index is 0.145. The van der Waals surface area contributed by atoms with Crippen molar-refractivity contribution in [3.8, 4) is 0 Å². The molecule has 0 fully saturated rings. The zero-order valence-corrected chi connectivity index (χ0v) is 8.18. The third kappa shape index (κ3) is 7.78. The van der Waals surface area contributed by atoms with Gasteiger partial charge in [-0.15, -0.1) is 0 Å². The molecule has 0 heterocycles. The summed E-state index contributed by atoms with van der Waals surface area (Å²) in [5.74, 6) is 0. The number of carbonyl (C=O) groups is 1. The number of aliphatic hydroxyl groups is 3. The molecule has 0 saturated carbocycles. The van der Waals surface area contributed by atoms with Crippen molar-refractivity contribution < 1.29 is 30.3 Å². The molecule has 0 aliphatic rings. The fourth-order valence-corrected chi connectivity index (χ4v) is 0.918. The van der Waals surface area contributed by atoms with Gasteiger partial charge in [0.15, 0.2) is 0 Å².